The maximum atomic E-state index is 13.4. The van der Waals surface area contributed by atoms with E-state index < -0.39 is 10.0 Å². The highest BCUT2D eigenvalue weighted by Gasteiger charge is 2.33. The number of likely N-dealkylation sites (tertiary alicyclic amines) is 2. The van der Waals surface area contributed by atoms with Crippen LogP contribution in [0.15, 0.2) is 23.1 Å². The molecule has 0 radical (unpaired) electrons. The summed E-state index contributed by atoms with van der Waals surface area (Å²) in [7, 11) is -2.23. The van der Waals surface area contributed by atoms with Gasteiger partial charge >= 0.3 is 0 Å². The van der Waals surface area contributed by atoms with Crippen molar-refractivity contribution in [3.63, 3.8) is 0 Å². The number of carbonyl (C=O) groups is 1. The van der Waals surface area contributed by atoms with E-state index >= 15 is 0 Å². The van der Waals surface area contributed by atoms with Gasteiger partial charge in [0, 0.05) is 37.8 Å². The van der Waals surface area contributed by atoms with Crippen molar-refractivity contribution in [2.24, 2.45) is 0 Å². The normalized spacial score (nSPS) is 24.2. The summed E-state index contributed by atoms with van der Waals surface area (Å²) < 4.78 is 33.6. The van der Waals surface area contributed by atoms with Gasteiger partial charge in [0.05, 0.1) is 7.11 Å². The lowest BCUT2D eigenvalue weighted by atomic mass is 10.2. The van der Waals surface area contributed by atoms with Gasteiger partial charge in [-0.05, 0) is 63.4 Å². The number of nitrogens with zero attached hydrogens (tertiary/aromatic N) is 3. The van der Waals surface area contributed by atoms with E-state index in [-0.39, 0.29) is 10.8 Å². The summed E-state index contributed by atoms with van der Waals surface area (Å²) in [6.45, 7) is 4.72. The topological polar surface area (TPSA) is 70.2 Å². The Bertz CT molecular complexity index is 859. The fraction of sp³-hybridized carbons (Fsp3) is 0.682. The van der Waals surface area contributed by atoms with E-state index in [4.69, 9.17) is 4.74 Å². The Balaban J connectivity index is 1.55. The standard InChI is InChI=1S/C22H33N3O4S/c1-29-20-9-8-18(16-21(20)30(27,28)25-13-4-2-3-5-14-25)22(26)24-15-10-19(17-24)23-11-6-7-12-23/h8-9,16,19H,2-7,10-15,17H2,1H3. The van der Waals surface area contributed by atoms with E-state index in [9.17, 15) is 13.2 Å². The Morgan fingerprint density at radius 2 is 1.63 bits per heavy atom. The Morgan fingerprint density at radius 1 is 0.967 bits per heavy atom. The summed E-state index contributed by atoms with van der Waals surface area (Å²) in [6, 6.07) is 5.25. The van der Waals surface area contributed by atoms with E-state index in [2.05, 4.69) is 4.90 Å². The molecule has 3 fully saturated rings. The Morgan fingerprint density at radius 3 is 2.30 bits per heavy atom. The molecule has 0 aliphatic carbocycles. The summed E-state index contributed by atoms with van der Waals surface area (Å²) in [4.78, 5) is 17.6. The molecule has 3 aliphatic rings. The van der Waals surface area contributed by atoms with Crippen LogP contribution >= 0.6 is 0 Å². The largest absolute Gasteiger partial charge is 0.495 e. The molecule has 1 aromatic carbocycles. The van der Waals surface area contributed by atoms with Crippen LogP contribution in [0.1, 0.15) is 55.3 Å². The molecule has 4 rings (SSSR count). The number of sulfonamides is 1. The molecule has 3 aliphatic heterocycles. The van der Waals surface area contributed by atoms with Gasteiger partial charge in [-0.25, -0.2) is 8.42 Å². The second kappa shape index (κ2) is 9.24. The van der Waals surface area contributed by atoms with Gasteiger partial charge in [-0.2, -0.15) is 4.31 Å². The summed E-state index contributed by atoms with van der Waals surface area (Å²) in [5.41, 5.74) is 0.422. The monoisotopic (exact) mass is 435 g/mol. The number of ether oxygens (including phenoxy) is 1. The fourth-order valence-electron chi connectivity index (χ4n) is 4.95. The number of amides is 1. The zero-order valence-electron chi connectivity index (χ0n) is 17.9. The Labute approximate surface area is 180 Å². The second-order valence-electron chi connectivity index (χ2n) is 8.62. The molecule has 0 saturated carbocycles. The van der Waals surface area contributed by atoms with Crippen molar-refractivity contribution in [2.45, 2.75) is 55.9 Å². The highest BCUT2D eigenvalue weighted by atomic mass is 32.2. The van der Waals surface area contributed by atoms with Crippen molar-refractivity contribution in [1.82, 2.24) is 14.1 Å². The second-order valence-corrected chi connectivity index (χ2v) is 10.5. The predicted molar refractivity (Wildman–Crippen MR) is 115 cm³/mol. The van der Waals surface area contributed by atoms with Gasteiger partial charge in [0.15, 0.2) is 0 Å². The number of carbonyl (C=O) groups excluding carboxylic acids is 1. The lowest BCUT2D eigenvalue weighted by Crippen LogP contribution is -2.37. The minimum Gasteiger partial charge on any atom is -0.495 e. The quantitative estimate of drug-likeness (QED) is 0.711. The first-order valence-electron chi connectivity index (χ1n) is 11.2. The minimum absolute atomic E-state index is 0.0910. The average molecular weight is 436 g/mol. The third-order valence-electron chi connectivity index (χ3n) is 6.70. The maximum absolute atomic E-state index is 13.4. The van der Waals surface area contributed by atoms with Crippen LogP contribution in [0.4, 0.5) is 0 Å². The molecule has 166 valence electrons. The highest BCUT2D eigenvalue weighted by molar-refractivity contribution is 7.89. The molecule has 3 heterocycles. The SMILES string of the molecule is COc1ccc(C(=O)N2CCC(N3CCCC3)C2)cc1S(=O)(=O)N1CCCCCC1. The molecule has 3 saturated heterocycles. The zero-order valence-corrected chi connectivity index (χ0v) is 18.7. The van der Waals surface area contributed by atoms with Crippen LogP contribution in [0.3, 0.4) is 0 Å². The van der Waals surface area contributed by atoms with Gasteiger partial charge in [0.25, 0.3) is 5.91 Å². The van der Waals surface area contributed by atoms with Crippen LogP contribution in [0.2, 0.25) is 0 Å². The summed E-state index contributed by atoms with van der Waals surface area (Å²) >= 11 is 0. The van der Waals surface area contributed by atoms with Gasteiger partial charge in [0.2, 0.25) is 10.0 Å². The van der Waals surface area contributed by atoms with Crippen LogP contribution in [0.25, 0.3) is 0 Å². The zero-order chi connectivity index (χ0) is 21.1. The van der Waals surface area contributed by atoms with Gasteiger partial charge < -0.3 is 9.64 Å². The third kappa shape index (κ3) is 4.36. The molecule has 0 bridgehead atoms. The van der Waals surface area contributed by atoms with Crippen molar-refractivity contribution in [1.29, 1.82) is 0 Å². The molecule has 30 heavy (non-hydrogen) atoms. The fourth-order valence-corrected chi connectivity index (χ4v) is 6.64. The van der Waals surface area contributed by atoms with Crippen molar-refractivity contribution in [3.8, 4) is 5.75 Å². The lowest BCUT2D eigenvalue weighted by molar-refractivity contribution is 0.0779. The first-order valence-corrected chi connectivity index (χ1v) is 12.7. The molecular formula is C22H33N3O4S. The molecular weight excluding hydrogens is 402 g/mol. The van der Waals surface area contributed by atoms with Crippen molar-refractivity contribution in [2.75, 3.05) is 46.4 Å². The highest BCUT2D eigenvalue weighted by Crippen LogP contribution is 2.30. The third-order valence-corrected chi connectivity index (χ3v) is 8.62. The van der Waals surface area contributed by atoms with E-state index in [1.807, 2.05) is 4.90 Å². The number of hydrogen-bond donors (Lipinski definition) is 0. The molecule has 7 nitrogen and oxygen atoms in total. The summed E-state index contributed by atoms with van der Waals surface area (Å²) in [5, 5.41) is 0. The van der Waals surface area contributed by atoms with Crippen LogP contribution in [-0.4, -0.2) is 80.9 Å². The first-order chi connectivity index (χ1) is 14.5. The predicted octanol–water partition coefficient (Wildman–Crippen LogP) is 2.57. The van der Waals surface area contributed by atoms with Gasteiger partial charge in [-0.1, -0.05) is 12.8 Å². The van der Waals surface area contributed by atoms with E-state index in [0.717, 1.165) is 58.3 Å². The van der Waals surface area contributed by atoms with Crippen LogP contribution in [0.5, 0.6) is 5.75 Å². The van der Waals surface area contributed by atoms with E-state index in [1.165, 1.54) is 26.0 Å². The van der Waals surface area contributed by atoms with Gasteiger partial charge in [0.1, 0.15) is 10.6 Å². The molecule has 1 unspecified atom stereocenters. The molecule has 0 N–H and O–H groups in total. The van der Waals surface area contributed by atoms with E-state index in [1.54, 1.807) is 16.4 Å². The molecule has 1 atom stereocenters. The maximum Gasteiger partial charge on any atom is 0.253 e. The number of rotatable bonds is 5. The summed E-state index contributed by atoms with van der Waals surface area (Å²) in [5.74, 6) is 0.207. The molecule has 0 spiro atoms. The molecule has 8 heteroatoms. The van der Waals surface area contributed by atoms with Gasteiger partial charge in [-0.15, -0.1) is 0 Å². The number of methoxy groups -OCH3 is 1. The van der Waals surface area contributed by atoms with E-state index in [0.29, 0.717) is 30.4 Å². The number of hydrogen-bond acceptors (Lipinski definition) is 5. The number of benzene rings is 1. The van der Waals surface area contributed by atoms with Crippen molar-refractivity contribution >= 4 is 15.9 Å². The average Bonchev–Trinajstić information content (AvgIpc) is 3.39. The Hall–Kier alpha value is -1.64. The molecule has 1 aromatic rings. The van der Waals surface area contributed by atoms with Crippen LogP contribution in [0, 0.1) is 0 Å². The van der Waals surface area contributed by atoms with Gasteiger partial charge in [-0.3, -0.25) is 9.69 Å². The minimum atomic E-state index is -3.70. The lowest BCUT2D eigenvalue weighted by Gasteiger charge is -2.24. The smallest absolute Gasteiger partial charge is 0.253 e. The van der Waals surface area contributed by atoms with Crippen molar-refractivity contribution < 1.29 is 17.9 Å². The van der Waals surface area contributed by atoms with Crippen LogP contribution in [-0.2, 0) is 10.0 Å². The Kier molecular flexibility index (Phi) is 6.65. The first kappa shape index (κ1) is 21.6. The van der Waals surface area contributed by atoms with Crippen LogP contribution < -0.4 is 4.74 Å². The van der Waals surface area contributed by atoms with Crippen molar-refractivity contribution in [3.05, 3.63) is 23.8 Å². The molecule has 1 amide bonds. The summed E-state index contributed by atoms with van der Waals surface area (Å²) in [6.07, 6.45) is 7.30. The molecule has 0 aromatic heterocycles.